The van der Waals surface area contributed by atoms with E-state index in [1.807, 2.05) is 19.1 Å². The number of esters is 1. The number of aromatic nitrogens is 1. The van der Waals surface area contributed by atoms with Crippen LogP contribution in [0.3, 0.4) is 0 Å². The summed E-state index contributed by atoms with van der Waals surface area (Å²) in [5.41, 5.74) is 2.39. The molecular weight excluding hydrogens is 238 g/mol. The van der Waals surface area contributed by atoms with Crippen LogP contribution in [-0.4, -0.2) is 17.1 Å². The summed E-state index contributed by atoms with van der Waals surface area (Å²) >= 11 is 0. The Morgan fingerprint density at radius 2 is 2.28 bits per heavy atom. The van der Waals surface area contributed by atoms with Crippen LogP contribution in [0.2, 0.25) is 0 Å². The zero-order valence-corrected chi connectivity index (χ0v) is 10.3. The minimum Gasteiger partial charge on any atom is -0.463 e. The third kappa shape index (κ3) is 2.72. The van der Waals surface area contributed by atoms with E-state index >= 15 is 0 Å². The Morgan fingerprint density at radius 3 is 3.00 bits per heavy atom. The van der Waals surface area contributed by atoms with Crippen molar-refractivity contribution in [1.29, 1.82) is 0 Å². The van der Waals surface area contributed by atoms with Crippen molar-refractivity contribution >= 4 is 17.1 Å². The van der Waals surface area contributed by atoms with Crippen LogP contribution in [0.1, 0.15) is 19.5 Å². The summed E-state index contributed by atoms with van der Waals surface area (Å²) in [6, 6.07) is 3.64. The van der Waals surface area contributed by atoms with Crippen LogP contribution >= 0.6 is 0 Å². The Kier molecular flexibility index (Phi) is 4.01. The van der Waals surface area contributed by atoms with Gasteiger partial charge in [0.05, 0.1) is 24.1 Å². The molecule has 18 heavy (non-hydrogen) atoms. The summed E-state index contributed by atoms with van der Waals surface area (Å²) in [5, 5.41) is 0. The van der Waals surface area contributed by atoms with Gasteiger partial charge in [0.1, 0.15) is 6.61 Å². The monoisotopic (exact) mass is 253 g/mol. The van der Waals surface area contributed by atoms with E-state index in [-0.39, 0.29) is 19.3 Å². The van der Waals surface area contributed by atoms with Gasteiger partial charge >= 0.3 is 5.97 Å². The normalized spacial score (nSPS) is 11.0. The van der Waals surface area contributed by atoms with E-state index in [9.17, 15) is 4.79 Å². The van der Waals surface area contributed by atoms with Gasteiger partial charge in [-0.3, -0.25) is 4.79 Å². The number of rotatable bonds is 6. The van der Waals surface area contributed by atoms with Gasteiger partial charge in [0.2, 0.25) is 0 Å². The summed E-state index contributed by atoms with van der Waals surface area (Å²) in [4.78, 5) is 20.7. The maximum absolute atomic E-state index is 10.9. The van der Waals surface area contributed by atoms with Crippen molar-refractivity contribution in [3.8, 4) is 0 Å². The number of hydrogen-bond acceptors (Lipinski definition) is 5. The van der Waals surface area contributed by atoms with Crippen LogP contribution in [-0.2, 0) is 32.6 Å². The Bertz CT molecular complexity index is 528. The maximum Gasteiger partial charge on any atom is 0.304 e. The van der Waals surface area contributed by atoms with E-state index in [1.54, 1.807) is 10.8 Å². The van der Waals surface area contributed by atoms with E-state index in [2.05, 4.69) is 0 Å². The molecule has 0 aliphatic carbocycles. The number of carbonyl (C=O) groups excluding carboxylic acids is 1. The summed E-state index contributed by atoms with van der Waals surface area (Å²) in [7, 11) is 0. The predicted molar refractivity (Wildman–Crippen MR) is 62.4 cm³/mol. The third-order valence-corrected chi connectivity index (χ3v) is 2.41. The predicted octanol–water partition coefficient (Wildman–Crippen LogP) is 2.22. The lowest BCUT2D eigenvalue weighted by Crippen LogP contribution is -2.10. The molecule has 0 aliphatic heterocycles. The first-order valence-electron chi connectivity index (χ1n) is 5.65. The summed E-state index contributed by atoms with van der Waals surface area (Å²) in [5.74, 6) is -0.336. The van der Waals surface area contributed by atoms with E-state index in [4.69, 9.17) is 18.9 Å². The first-order chi connectivity index (χ1) is 8.72. The minimum atomic E-state index is -0.336. The Labute approximate surface area is 104 Å². The standard InChI is InChI=1S/C12H15NO5/c1-3-17-18-7-10-6-12-11(4-5-15-12)13(10)8-16-9(2)14/h4-6H,3,7-8H2,1-2H3. The summed E-state index contributed by atoms with van der Waals surface area (Å²) < 4.78 is 12.1. The quantitative estimate of drug-likeness (QED) is 0.342. The highest BCUT2D eigenvalue weighted by Gasteiger charge is 2.12. The van der Waals surface area contributed by atoms with Crippen molar-refractivity contribution in [2.24, 2.45) is 0 Å². The maximum atomic E-state index is 10.9. The van der Waals surface area contributed by atoms with Crippen LogP contribution in [0.25, 0.3) is 11.1 Å². The minimum absolute atomic E-state index is 0.128. The van der Waals surface area contributed by atoms with Crippen molar-refractivity contribution < 1.29 is 23.7 Å². The van der Waals surface area contributed by atoms with Gasteiger partial charge in [-0.05, 0) is 6.92 Å². The molecule has 0 aliphatic rings. The van der Waals surface area contributed by atoms with Crippen molar-refractivity contribution in [2.75, 3.05) is 6.61 Å². The van der Waals surface area contributed by atoms with Crippen LogP contribution < -0.4 is 0 Å². The molecule has 0 spiro atoms. The fourth-order valence-corrected chi connectivity index (χ4v) is 1.64. The molecule has 98 valence electrons. The van der Waals surface area contributed by atoms with E-state index in [0.717, 1.165) is 16.8 Å². The lowest BCUT2D eigenvalue weighted by Gasteiger charge is -2.09. The Hall–Kier alpha value is -1.79. The zero-order valence-electron chi connectivity index (χ0n) is 10.3. The van der Waals surface area contributed by atoms with Crippen LogP contribution in [0.15, 0.2) is 22.8 Å². The third-order valence-electron chi connectivity index (χ3n) is 2.41. The molecule has 0 N–H and O–H groups in total. The number of furan rings is 1. The van der Waals surface area contributed by atoms with Crippen LogP contribution in [0, 0.1) is 0 Å². The van der Waals surface area contributed by atoms with Gasteiger partial charge < -0.3 is 13.7 Å². The molecule has 0 saturated carbocycles. The number of fused-ring (bicyclic) bond motifs is 1. The molecule has 0 atom stereocenters. The van der Waals surface area contributed by atoms with Crippen molar-refractivity contribution in [1.82, 2.24) is 4.57 Å². The fraction of sp³-hybridized carbons (Fsp3) is 0.417. The molecular formula is C12H15NO5. The second kappa shape index (κ2) is 5.70. The average molecular weight is 253 g/mol. The SMILES string of the molecule is CCOOCc1cc2occc2n1COC(C)=O. The number of carbonyl (C=O) groups is 1. The average Bonchev–Trinajstić information content (AvgIpc) is 2.87. The van der Waals surface area contributed by atoms with Crippen LogP contribution in [0.4, 0.5) is 0 Å². The van der Waals surface area contributed by atoms with Crippen molar-refractivity contribution in [3.63, 3.8) is 0 Å². The number of ether oxygens (including phenoxy) is 1. The molecule has 0 aromatic carbocycles. The van der Waals surface area contributed by atoms with Gasteiger partial charge in [-0.1, -0.05) is 0 Å². The van der Waals surface area contributed by atoms with Gasteiger partial charge in [-0.15, -0.1) is 0 Å². The number of nitrogens with zero attached hydrogens (tertiary/aromatic N) is 1. The topological polar surface area (TPSA) is 62.8 Å². The highest BCUT2D eigenvalue weighted by Crippen LogP contribution is 2.21. The summed E-state index contributed by atoms with van der Waals surface area (Å²) in [6.07, 6.45) is 1.59. The molecule has 0 unspecified atom stereocenters. The molecule has 6 heteroatoms. The van der Waals surface area contributed by atoms with E-state index in [1.165, 1.54) is 6.92 Å². The highest BCUT2D eigenvalue weighted by molar-refractivity contribution is 5.75. The fourth-order valence-electron chi connectivity index (χ4n) is 1.64. The van der Waals surface area contributed by atoms with Gasteiger partial charge in [0, 0.05) is 19.1 Å². The Morgan fingerprint density at radius 1 is 1.44 bits per heavy atom. The molecule has 0 amide bonds. The molecule has 2 heterocycles. The van der Waals surface area contributed by atoms with E-state index < -0.39 is 0 Å². The van der Waals surface area contributed by atoms with Gasteiger partial charge in [-0.25, -0.2) is 9.78 Å². The molecule has 0 saturated heterocycles. The van der Waals surface area contributed by atoms with Gasteiger partial charge in [0.15, 0.2) is 12.3 Å². The van der Waals surface area contributed by atoms with Gasteiger partial charge in [0.25, 0.3) is 0 Å². The molecule has 2 aromatic rings. The molecule has 2 rings (SSSR count). The van der Waals surface area contributed by atoms with Gasteiger partial charge in [-0.2, -0.15) is 0 Å². The first-order valence-corrected chi connectivity index (χ1v) is 5.65. The lowest BCUT2D eigenvalue weighted by molar-refractivity contribution is -0.301. The zero-order chi connectivity index (χ0) is 13.0. The molecule has 2 aromatic heterocycles. The molecule has 0 radical (unpaired) electrons. The molecule has 0 fully saturated rings. The Balaban J connectivity index is 2.18. The van der Waals surface area contributed by atoms with Crippen molar-refractivity contribution in [2.45, 2.75) is 27.2 Å². The van der Waals surface area contributed by atoms with E-state index in [0.29, 0.717) is 6.61 Å². The van der Waals surface area contributed by atoms with Crippen LogP contribution in [0.5, 0.6) is 0 Å². The second-order valence-corrected chi connectivity index (χ2v) is 3.67. The number of hydrogen-bond donors (Lipinski definition) is 0. The smallest absolute Gasteiger partial charge is 0.304 e. The molecule has 6 nitrogen and oxygen atoms in total. The second-order valence-electron chi connectivity index (χ2n) is 3.67. The van der Waals surface area contributed by atoms with Crippen molar-refractivity contribution in [3.05, 3.63) is 24.1 Å². The largest absolute Gasteiger partial charge is 0.463 e. The lowest BCUT2D eigenvalue weighted by atomic mass is 10.4. The summed E-state index contributed by atoms with van der Waals surface area (Å²) in [6.45, 7) is 4.07. The first kappa shape index (κ1) is 12.7. The molecule has 0 bridgehead atoms. The highest BCUT2D eigenvalue weighted by atomic mass is 17.2.